The van der Waals surface area contributed by atoms with E-state index in [1.165, 1.54) is 18.9 Å². The molecule has 144 valence electrons. The van der Waals surface area contributed by atoms with Gasteiger partial charge in [-0.2, -0.15) is 0 Å². The number of amides is 2. The van der Waals surface area contributed by atoms with Gasteiger partial charge in [0.2, 0.25) is 11.8 Å². The van der Waals surface area contributed by atoms with E-state index in [1.54, 1.807) is 56.5 Å². The largest absolute Gasteiger partial charge is 0.497 e. The summed E-state index contributed by atoms with van der Waals surface area (Å²) in [6.45, 7) is 1.73. The van der Waals surface area contributed by atoms with E-state index in [0.29, 0.717) is 27.9 Å². The summed E-state index contributed by atoms with van der Waals surface area (Å²) in [5.41, 5.74) is 1.16. The number of methoxy groups -OCH3 is 2. The third-order valence-corrected chi connectivity index (χ3v) is 5.00. The van der Waals surface area contributed by atoms with Crippen LogP contribution in [0.1, 0.15) is 6.92 Å². The van der Waals surface area contributed by atoms with Gasteiger partial charge in [0, 0.05) is 10.7 Å². The first-order chi connectivity index (χ1) is 12.9. The number of carbonyl (C=O) groups is 2. The Labute approximate surface area is 167 Å². The maximum absolute atomic E-state index is 12.4. The highest BCUT2D eigenvalue weighted by Crippen LogP contribution is 2.28. The van der Waals surface area contributed by atoms with Gasteiger partial charge in [-0.1, -0.05) is 11.6 Å². The molecule has 2 aromatic carbocycles. The van der Waals surface area contributed by atoms with Crippen molar-refractivity contribution in [1.82, 2.24) is 0 Å². The van der Waals surface area contributed by atoms with E-state index in [9.17, 15) is 9.59 Å². The topological polar surface area (TPSA) is 76.7 Å². The summed E-state index contributed by atoms with van der Waals surface area (Å²) in [6.07, 6.45) is 0. The lowest BCUT2D eigenvalue weighted by Gasteiger charge is -2.14. The summed E-state index contributed by atoms with van der Waals surface area (Å²) in [6, 6.07) is 12.0. The van der Waals surface area contributed by atoms with E-state index < -0.39 is 5.25 Å². The molecule has 0 aliphatic rings. The minimum atomic E-state index is -0.435. The molecule has 0 heterocycles. The van der Waals surface area contributed by atoms with Crippen LogP contribution in [0.15, 0.2) is 42.5 Å². The summed E-state index contributed by atoms with van der Waals surface area (Å²) in [7, 11) is 3.09. The van der Waals surface area contributed by atoms with Crippen LogP contribution in [0.25, 0.3) is 0 Å². The Balaban J connectivity index is 1.85. The molecular formula is C19H21ClN2O4S. The smallest absolute Gasteiger partial charge is 0.237 e. The van der Waals surface area contributed by atoms with Crippen molar-refractivity contribution in [2.24, 2.45) is 0 Å². The lowest BCUT2D eigenvalue weighted by atomic mass is 10.3. The second-order valence-corrected chi connectivity index (χ2v) is 7.33. The second-order valence-electron chi connectivity index (χ2n) is 5.56. The Morgan fingerprint density at radius 3 is 2.41 bits per heavy atom. The van der Waals surface area contributed by atoms with Gasteiger partial charge in [0.15, 0.2) is 0 Å². The van der Waals surface area contributed by atoms with Crippen molar-refractivity contribution in [2.75, 3.05) is 30.6 Å². The first-order valence-electron chi connectivity index (χ1n) is 8.13. The van der Waals surface area contributed by atoms with Gasteiger partial charge in [0.05, 0.1) is 30.9 Å². The van der Waals surface area contributed by atoms with Crippen LogP contribution in [-0.2, 0) is 9.59 Å². The molecule has 2 amide bonds. The minimum absolute atomic E-state index is 0.146. The number of nitrogens with one attached hydrogen (secondary N) is 2. The molecule has 0 radical (unpaired) electrons. The number of anilines is 2. The van der Waals surface area contributed by atoms with Gasteiger partial charge >= 0.3 is 0 Å². The quantitative estimate of drug-likeness (QED) is 0.688. The first-order valence-corrected chi connectivity index (χ1v) is 9.55. The van der Waals surface area contributed by atoms with Crippen molar-refractivity contribution in [3.8, 4) is 11.5 Å². The summed E-state index contributed by atoms with van der Waals surface area (Å²) in [5.74, 6) is 0.946. The highest BCUT2D eigenvalue weighted by atomic mass is 35.5. The molecule has 0 bridgehead atoms. The van der Waals surface area contributed by atoms with Crippen molar-refractivity contribution in [1.29, 1.82) is 0 Å². The van der Waals surface area contributed by atoms with Crippen LogP contribution in [-0.4, -0.2) is 37.0 Å². The summed E-state index contributed by atoms with van der Waals surface area (Å²) < 4.78 is 10.3. The van der Waals surface area contributed by atoms with Crippen LogP contribution in [0, 0.1) is 0 Å². The highest BCUT2D eigenvalue weighted by Gasteiger charge is 2.17. The summed E-state index contributed by atoms with van der Waals surface area (Å²) in [4.78, 5) is 24.4. The second kappa shape index (κ2) is 10.1. The molecule has 2 N–H and O–H groups in total. The maximum Gasteiger partial charge on any atom is 0.237 e. The van der Waals surface area contributed by atoms with E-state index in [-0.39, 0.29) is 17.6 Å². The van der Waals surface area contributed by atoms with Crippen molar-refractivity contribution >= 4 is 46.6 Å². The molecule has 0 aliphatic carbocycles. The lowest BCUT2D eigenvalue weighted by molar-refractivity contribution is -0.115. The van der Waals surface area contributed by atoms with E-state index in [4.69, 9.17) is 21.1 Å². The molecular weight excluding hydrogens is 388 g/mol. The number of carbonyl (C=O) groups excluding carboxylic acids is 2. The predicted octanol–water partition coefficient (Wildman–Crippen LogP) is 4.06. The Bertz CT molecular complexity index is 799. The monoisotopic (exact) mass is 408 g/mol. The average molecular weight is 409 g/mol. The zero-order valence-corrected chi connectivity index (χ0v) is 16.8. The number of hydrogen-bond acceptors (Lipinski definition) is 5. The molecule has 0 fully saturated rings. The summed E-state index contributed by atoms with van der Waals surface area (Å²) >= 11 is 7.20. The van der Waals surface area contributed by atoms with Gasteiger partial charge in [-0.15, -0.1) is 11.8 Å². The molecule has 2 aromatic rings. The number of hydrogen-bond donors (Lipinski definition) is 2. The highest BCUT2D eigenvalue weighted by molar-refractivity contribution is 8.01. The maximum atomic E-state index is 12.4. The van der Waals surface area contributed by atoms with Crippen LogP contribution < -0.4 is 20.1 Å². The molecule has 0 aromatic heterocycles. The van der Waals surface area contributed by atoms with Crippen LogP contribution in [0.2, 0.25) is 5.02 Å². The van der Waals surface area contributed by atoms with Gasteiger partial charge in [0.1, 0.15) is 11.5 Å². The Hall–Kier alpha value is -2.38. The number of rotatable bonds is 8. The average Bonchev–Trinajstić information content (AvgIpc) is 2.67. The van der Waals surface area contributed by atoms with Crippen molar-refractivity contribution < 1.29 is 19.1 Å². The standard InChI is InChI=1S/C19H21ClN2O4S/c1-12(19(24)22-16-10-13(20)4-9-17(16)26-3)27-11-18(23)21-14-5-7-15(25-2)8-6-14/h4-10,12H,11H2,1-3H3,(H,21,23)(H,22,24)/t12-/m0/s1. The molecule has 1 atom stereocenters. The van der Waals surface area contributed by atoms with Gasteiger partial charge in [0.25, 0.3) is 0 Å². The molecule has 0 saturated carbocycles. The predicted molar refractivity (Wildman–Crippen MR) is 110 cm³/mol. The van der Waals surface area contributed by atoms with Crippen LogP contribution >= 0.6 is 23.4 Å². The van der Waals surface area contributed by atoms with Crippen LogP contribution in [0.5, 0.6) is 11.5 Å². The number of halogens is 1. The van der Waals surface area contributed by atoms with Gasteiger partial charge in [-0.3, -0.25) is 9.59 Å². The SMILES string of the molecule is COc1ccc(NC(=O)CS[C@@H](C)C(=O)Nc2cc(Cl)ccc2OC)cc1. The van der Waals surface area contributed by atoms with Crippen LogP contribution in [0.4, 0.5) is 11.4 Å². The van der Waals surface area contributed by atoms with E-state index in [0.717, 1.165) is 0 Å². The molecule has 27 heavy (non-hydrogen) atoms. The molecule has 0 unspecified atom stereocenters. The molecule has 0 saturated heterocycles. The van der Waals surface area contributed by atoms with Crippen molar-refractivity contribution in [2.45, 2.75) is 12.2 Å². The third kappa shape index (κ3) is 6.37. The lowest BCUT2D eigenvalue weighted by Crippen LogP contribution is -2.25. The molecule has 0 spiro atoms. The van der Waals surface area contributed by atoms with Crippen molar-refractivity contribution in [3.63, 3.8) is 0 Å². The van der Waals surface area contributed by atoms with E-state index in [2.05, 4.69) is 10.6 Å². The zero-order chi connectivity index (χ0) is 19.8. The Morgan fingerprint density at radius 2 is 1.78 bits per heavy atom. The minimum Gasteiger partial charge on any atom is -0.497 e. The third-order valence-electron chi connectivity index (χ3n) is 3.63. The fourth-order valence-electron chi connectivity index (χ4n) is 2.16. The van der Waals surface area contributed by atoms with Gasteiger partial charge < -0.3 is 20.1 Å². The zero-order valence-electron chi connectivity index (χ0n) is 15.2. The van der Waals surface area contributed by atoms with Crippen molar-refractivity contribution in [3.05, 3.63) is 47.5 Å². The fraction of sp³-hybridized carbons (Fsp3) is 0.263. The molecule has 6 nitrogen and oxygen atoms in total. The molecule has 2 rings (SSSR count). The van der Waals surface area contributed by atoms with Gasteiger partial charge in [-0.25, -0.2) is 0 Å². The molecule has 0 aliphatic heterocycles. The van der Waals surface area contributed by atoms with E-state index >= 15 is 0 Å². The normalized spacial score (nSPS) is 11.4. The number of ether oxygens (including phenoxy) is 2. The Kier molecular flexibility index (Phi) is 7.82. The molecule has 8 heteroatoms. The van der Waals surface area contributed by atoms with Gasteiger partial charge in [-0.05, 0) is 49.4 Å². The fourth-order valence-corrected chi connectivity index (χ4v) is 3.02. The number of benzene rings is 2. The Morgan fingerprint density at radius 1 is 1.07 bits per heavy atom. The first kappa shape index (κ1) is 20.9. The number of thioether (sulfide) groups is 1. The van der Waals surface area contributed by atoms with E-state index in [1.807, 2.05) is 0 Å². The summed E-state index contributed by atoms with van der Waals surface area (Å²) in [5, 5.41) is 5.61. The van der Waals surface area contributed by atoms with Crippen LogP contribution in [0.3, 0.4) is 0 Å².